The summed E-state index contributed by atoms with van der Waals surface area (Å²) in [6.07, 6.45) is 0.881. The van der Waals surface area contributed by atoms with E-state index in [2.05, 4.69) is 5.32 Å². The fraction of sp³-hybridized carbons (Fsp3) is 0.889. The number of halogens is 1. The summed E-state index contributed by atoms with van der Waals surface area (Å²) in [7, 11) is 0. The monoisotopic (exact) mass is 191 g/mol. The van der Waals surface area contributed by atoms with Gasteiger partial charge in [-0.05, 0) is 6.42 Å². The van der Waals surface area contributed by atoms with E-state index in [4.69, 9.17) is 11.6 Å². The van der Waals surface area contributed by atoms with Crippen molar-refractivity contribution in [2.24, 2.45) is 5.41 Å². The third-order valence-corrected chi connectivity index (χ3v) is 2.07. The number of hydrogen-bond acceptors (Lipinski definition) is 1. The topological polar surface area (TPSA) is 29.1 Å². The first kappa shape index (κ1) is 11.8. The van der Waals surface area contributed by atoms with Crippen molar-refractivity contribution in [1.82, 2.24) is 5.32 Å². The van der Waals surface area contributed by atoms with Crippen molar-refractivity contribution in [1.29, 1.82) is 0 Å². The maximum absolute atomic E-state index is 11.3. The van der Waals surface area contributed by atoms with Crippen LogP contribution < -0.4 is 5.32 Å². The first-order chi connectivity index (χ1) is 5.38. The minimum absolute atomic E-state index is 0.0521. The van der Waals surface area contributed by atoms with Gasteiger partial charge in [0.25, 0.3) is 0 Å². The van der Waals surface area contributed by atoms with E-state index in [1.54, 1.807) is 0 Å². The van der Waals surface area contributed by atoms with Crippen LogP contribution in [0.15, 0.2) is 0 Å². The molecule has 0 rings (SSSR count). The summed E-state index contributed by atoms with van der Waals surface area (Å²) in [5.41, 5.74) is -0.315. The molecule has 0 radical (unpaired) electrons. The predicted molar refractivity (Wildman–Crippen MR) is 52.4 cm³/mol. The number of amides is 1. The highest BCUT2D eigenvalue weighted by Crippen LogP contribution is 2.12. The molecule has 72 valence electrons. The number of hydrogen-bond donors (Lipinski definition) is 1. The number of rotatable bonds is 3. The Morgan fingerprint density at radius 1 is 1.50 bits per heavy atom. The van der Waals surface area contributed by atoms with Crippen molar-refractivity contribution in [2.75, 3.05) is 6.54 Å². The Balaban J connectivity index is 3.73. The molecule has 1 unspecified atom stereocenters. The highest BCUT2D eigenvalue weighted by Gasteiger charge is 2.20. The Morgan fingerprint density at radius 3 is 2.33 bits per heavy atom. The maximum Gasteiger partial charge on any atom is 0.225 e. The first-order valence-electron chi connectivity index (χ1n) is 4.30. The van der Waals surface area contributed by atoms with Gasteiger partial charge in [-0.3, -0.25) is 4.79 Å². The minimum Gasteiger partial charge on any atom is -0.354 e. The fourth-order valence-corrected chi connectivity index (χ4v) is 0.690. The van der Waals surface area contributed by atoms with Crippen molar-refractivity contribution in [2.45, 2.75) is 39.5 Å². The number of alkyl halides is 1. The number of nitrogens with one attached hydrogen (secondary N) is 1. The van der Waals surface area contributed by atoms with Crippen molar-refractivity contribution < 1.29 is 4.79 Å². The quantitative estimate of drug-likeness (QED) is 0.681. The van der Waals surface area contributed by atoms with Crippen LogP contribution in [0.25, 0.3) is 0 Å². The molecule has 0 saturated carbocycles. The third kappa shape index (κ3) is 4.60. The lowest BCUT2D eigenvalue weighted by Gasteiger charge is -2.18. The van der Waals surface area contributed by atoms with Crippen molar-refractivity contribution in [3.05, 3.63) is 0 Å². The van der Waals surface area contributed by atoms with Gasteiger partial charge < -0.3 is 5.32 Å². The average Bonchev–Trinajstić information content (AvgIpc) is 1.97. The van der Waals surface area contributed by atoms with E-state index in [1.165, 1.54) is 0 Å². The lowest BCUT2D eigenvalue weighted by Crippen LogP contribution is -2.37. The zero-order valence-corrected chi connectivity index (χ0v) is 9.03. The van der Waals surface area contributed by atoms with Crippen LogP contribution in [0.3, 0.4) is 0 Å². The Bertz CT molecular complexity index is 151. The largest absolute Gasteiger partial charge is 0.354 e. The summed E-state index contributed by atoms with van der Waals surface area (Å²) in [6, 6.07) is 0. The Morgan fingerprint density at radius 2 is 2.00 bits per heavy atom. The van der Waals surface area contributed by atoms with Crippen LogP contribution in [0.1, 0.15) is 34.1 Å². The molecule has 0 aromatic carbocycles. The second-order valence-corrected chi connectivity index (χ2v) is 4.58. The van der Waals surface area contributed by atoms with Gasteiger partial charge in [0.2, 0.25) is 5.91 Å². The Labute approximate surface area is 79.7 Å². The van der Waals surface area contributed by atoms with E-state index >= 15 is 0 Å². The van der Waals surface area contributed by atoms with Gasteiger partial charge in [0.1, 0.15) is 0 Å². The second kappa shape index (κ2) is 4.70. The third-order valence-electron chi connectivity index (χ3n) is 1.61. The molecule has 0 aromatic rings. The SMILES string of the molecule is CCC(Cl)CNC(=O)C(C)(C)C. The fourth-order valence-electron chi connectivity index (χ4n) is 0.613. The van der Waals surface area contributed by atoms with Gasteiger partial charge in [0.05, 0.1) is 5.38 Å². The smallest absolute Gasteiger partial charge is 0.225 e. The van der Waals surface area contributed by atoms with Crippen LogP contribution in [-0.4, -0.2) is 17.8 Å². The Kier molecular flexibility index (Phi) is 4.61. The van der Waals surface area contributed by atoms with E-state index in [9.17, 15) is 4.79 Å². The number of carbonyl (C=O) groups excluding carboxylic acids is 1. The highest BCUT2D eigenvalue weighted by atomic mass is 35.5. The Hall–Kier alpha value is -0.240. The molecule has 0 spiro atoms. The summed E-state index contributed by atoms with van der Waals surface area (Å²) in [5.74, 6) is 0.0570. The molecular weight excluding hydrogens is 174 g/mol. The molecule has 0 aliphatic carbocycles. The van der Waals surface area contributed by atoms with Crippen molar-refractivity contribution in [3.8, 4) is 0 Å². The summed E-state index contributed by atoms with van der Waals surface area (Å²) in [5, 5.41) is 2.85. The van der Waals surface area contributed by atoms with Gasteiger partial charge in [-0.2, -0.15) is 0 Å². The van der Waals surface area contributed by atoms with Crippen LogP contribution in [0, 0.1) is 5.41 Å². The van der Waals surface area contributed by atoms with Crippen molar-refractivity contribution in [3.63, 3.8) is 0 Å². The lowest BCUT2D eigenvalue weighted by atomic mass is 9.96. The molecule has 0 aliphatic rings. The van der Waals surface area contributed by atoms with Gasteiger partial charge in [-0.15, -0.1) is 11.6 Å². The zero-order valence-electron chi connectivity index (χ0n) is 8.28. The molecule has 0 bridgehead atoms. The van der Waals surface area contributed by atoms with Crippen LogP contribution in [0.2, 0.25) is 0 Å². The van der Waals surface area contributed by atoms with E-state index < -0.39 is 0 Å². The van der Waals surface area contributed by atoms with Gasteiger partial charge in [0.15, 0.2) is 0 Å². The molecule has 0 aliphatic heterocycles. The molecular formula is C9H18ClNO. The molecule has 1 N–H and O–H groups in total. The van der Waals surface area contributed by atoms with Gasteiger partial charge in [0, 0.05) is 12.0 Å². The summed E-state index contributed by atoms with van der Waals surface area (Å²) in [6.45, 7) is 8.22. The van der Waals surface area contributed by atoms with Crippen LogP contribution in [0.4, 0.5) is 0 Å². The average molecular weight is 192 g/mol. The maximum atomic E-state index is 11.3. The molecule has 3 heteroatoms. The predicted octanol–water partition coefficient (Wildman–Crippen LogP) is 2.17. The molecule has 12 heavy (non-hydrogen) atoms. The molecule has 1 atom stereocenters. The zero-order chi connectivity index (χ0) is 9.78. The summed E-state index contributed by atoms with van der Waals surface area (Å²) >= 11 is 5.84. The molecule has 0 heterocycles. The first-order valence-corrected chi connectivity index (χ1v) is 4.74. The minimum atomic E-state index is -0.315. The summed E-state index contributed by atoms with van der Waals surface area (Å²) in [4.78, 5) is 11.3. The molecule has 0 aromatic heterocycles. The van der Waals surface area contributed by atoms with Crippen molar-refractivity contribution >= 4 is 17.5 Å². The van der Waals surface area contributed by atoms with Gasteiger partial charge >= 0.3 is 0 Å². The van der Waals surface area contributed by atoms with E-state index in [0.717, 1.165) is 6.42 Å². The van der Waals surface area contributed by atoms with E-state index in [1.807, 2.05) is 27.7 Å². The molecule has 2 nitrogen and oxygen atoms in total. The van der Waals surface area contributed by atoms with Crippen LogP contribution >= 0.6 is 11.6 Å². The van der Waals surface area contributed by atoms with Crippen LogP contribution in [-0.2, 0) is 4.79 Å². The number of carbonyl (C=O) groups is 1. The normalized spacial score (nSPS) is 14.1. The van der Waals surface area contributed by atoms with Gasteiger partial charge in [-0.25, -0.2) is 0 Å². The lowest BCUT2D eigenvalue weighted by molar-refractivity contribution is -0.128. The molecule has 0 fully saturated rings. The standard InChI is InChI=1S/C9H18ClNO/c1-5-7(10)6-11-8(12)9(2,3)4/h7H,5-6H2,1-4H3,(H,11,12). The highest BCUT2D eigenvalue weighted by molar-refractivity contribution is 6.20. The van der Waals surface area contributed by atoms with Crippen LogP contribution in [0.5, 0.6) is 0 Å². The van der Waals surface area contributed by atoms with Gasteiger partial charge in [-0.1, -0.05) is 27.7 Å². The molecule has 1 amide bonds. The van der Waals surface area contributed by atoms with E-state index in [0.29, 0.717) is 6.54 Å². The summed E-state index contributed by atoms with van der Waals surface area (Å²) < 4.78 is 0. The van der Waals surface area contributed by atoms with E-state index in [-0.39, 0.29) is 16.7 Å². The second-order valence-electron chi connectivity index (χ2n) is 3.97. The molecule has 0 saturated heterocycles.